The van der Waals surface area contributed by atoms with Crippen molar-refractivity contribution in [2.75, 3.05) is 0 Å². The van der Waals surface area contributed by atoms with Gasteiger partial charge < -0.3 is 0 Å². The van der Waals surface area contributed by atoms with Crippen LogP contribution >= 0.6 is 23.2 Å². The first kappa shape index (κ1) is 15.3. The topological polar surface area (TPSA) is 38.0 Å². The van der Waals surface area contributed by atoms with E-state index in [4.69, 9.17) is 29.0 Å². The minimum Gasteiger partial charge on any atom is -0.271 e. The minimum absolute atomic E-state index is 0.256. The lowest BCUT2D eigenvalue weighted by atomic mass is 9.97. The van der Waals surface area contributed by atoms with E-state index in [1.165, 1.54) is 0 Å². The smallest absolute Gasteiger partial charge is 0.130 e. The Labute approximate surface area is 127 Å². The Kier molecular flexibility index (Phi) is 5.00. The van der Waals surface area contributed by atoms with Crippen LogP contribution in [0.4, 0.5) is 4.39 Å². The molecule has 5 heteroatoms. The van der Waals surface area contributed by atoms with Gasteiger partial charge in [0.2, 0.25) is 0 Å². The molecule has 0 bridgehead atoms. The number of nitrogens with one attached hydrogen (secondary N) is 1. The first-order chi connectivity index (χ1) is 9.52. The summed E-state index contributed by atoms with van der Waals surface area (Å²) in [6, 6.07) is 10.1. The molecule has 1 atom stereocenters. The Morgan fingerprint density at radius 2 is 2.00 bits per heavy atom. The molecule has 0 aliphatic carbocycles. The number of hydrogen-bond donors (Lipinski definition) is 2. The molecule has 2 aromatic carbocycles. The van der Waals surface area contributed by atoms with Gasteiger partial charge in [-0.1, -0.05) is 41.4 Å². The highest BCUT2D eigenvalue weighted by atomic mass is 35.5. The number of hydrazine groups is 1. The van der Waals surface area contributed by atoms with E-state index in [0.717, 1.165) is 5.56 Å². The van der Waals surface area contributed by atoms with Gasteiger partial charge in [0, 0.05) is 15.6 Å². The predicted octanol–water partition coefficient (Wildman–Crippen LogP) is 4.19. The number of nitrogens with two attached hydrogens (primary N) is 1. The van der Waals surface area contributed by atoms with Crippen LogP contribution in [-0.2, 0) is 6.42 Å². The van der Waals surface area contributed by atoms with Crippen LogP contribution in [0.3, 0.4) is 0 Å². The summed E-state index contributed by atoms with van der Waals surface area (Å²) in [6.45, 7) is 1.72. The van der Waals surface area contributed by atoms with Crippen molar-refractivity contribution in [1.29, 1.82) is 0 Å². The van der Waals surface area contributed by atoms with Crippen molar-refractivity contribution in [3.63, 3.8) is 0 Å². The van der Waals surface area contributed by atoms with Gasteiger partial charge in [-0.2, -0.15) is 0 Å². The molecule has 0 saturated carbocycles. The molecule has 0 aromatic heterocycles. The molecular weight excluding hydrogens is 298 g/mol. The lowest BCUT2D eigenvalue weighted by Gasteiger charge is -2.19. The highest BCUT2D eigenvalue weighted by Crippen LogP contribution is 2.27. The molecule has 2 nitrogen and oxygen atoms in total. The highest BCUT2D eigenvalue weighted by molar-refractivity contribution is 6.33. The number of hydrogen-bond acceptors (Lipinski definition) is 2. The molecule has 0 saturated heterocycles. The maximum absolute atomic E-state index is 14.2. The molecule has 2 aromatic rings. The average Bonchev–Trinajstić information content (AvgIpc) is 2.43. The molecule has 1 unspecified atom stereocenters. The van der Waals surface area contributed by atoms with Gasteiger partial charge in [0.1, 0.15) is 5.82 Å². The fourth-order valence-electron chi connectivity index (χ4n) is 2.12. The van der Waals surface area contributed by atoms with Crippen LogP contribution in [-0.4, -0.2) is 0 Å². The molecular formula is C15H15Cl2FN2. The number of rotatable bonds is 4. The van der Waals surface area contributed by atoms with Gasteiger partial charge in [0.15, 0.2) is 0 Å². The Morgan fingerprint density at radius 1 is 1.25 bits per heavy atom. The second kappa shape index (κ2) is 6.55. The van der Waals surface area contributed by atoms with Crippen LogP contribution in [0.5, 0.6) is 0 Å². The molecule has 0 fully saturated rings. The second-order valence-corrected chi connectivity index (χ2v) is 5.48. The van der Waals surface area contributed by atoms with E-state index in [1.807, 2.05) is 0 Å². The van der Waals surface area contributed by atoms with Gasteiger partial charge >= 0.3 is 0 Å². The zero-order chi connectivity index (χ0) is 14.7. The van der Waals surface area contributed by atoms with Gasteiger partial charge in [-0.05, 0) is 42.7 Å². The summed E-state index contributed by atoms with van der Waals surface area (Å²) >= 11 is 12.1. The van der Waals surface area contributed by atoms with Crippen molar-refractivity contribution in [1.82, 2.24) is 5.43 Å². The maximum atomic E-state index is 14.2. The first-order valence-electron chi connectivity index (χ1n) is 6.18. The van der Waals surface area contributed by atoms with Crippen molar-refractivity contribution in [2.45, 2.75) is 19.4 Å². The van der Waals surface area contributed by atoms with Crippen molar-refractivity contribution in [3.05, 3.63) is 69.0 Å². The highest BCUT2D eigenvalue weighted by Gasteiger charge is 2.17. The van der Waals surface area contributed by atoms with Crippen LogP contribution in [0.2, 0.25) is 10.0 Å². The largest absolute Gasteiger partial charge is 0.271 e. The molecule has 0 radical (unpaired) electrons. The molecule has 20 heavy (non-hydrogen) atoms. The van der Waals surface area contributed by atoms with Gasteiger partial charge in [0.25, 0.3) is 0 Å². The molecule has 0 heterocycles. The van der Waals surface area contributed by atoms with Crippen LogP contribution in [0.15, 0.2) is 36.4 Å². The third-order valence-corrected chi connectivity index (χ3v) is 3.83. The molecule has 0 amide bonds. The van der Waals surface area contributed by atoms with Crippen molar-refractivity contribution < 1.29 is 4.39 Å². The van der Waals surface area contributed by atoms with Crippen molar-refractivity contribution in [2.24, 2.45) is 5.84 Å². The lowest BCUT2D eigenvalue weighted by molar-refractivity contribution is 0.507. The van der Waals surface area contributed by atoms with Gasteiger partial charge in [-0.25, -0.2) is 4.39 Å². The third kappa shape index (κ3) is 3.30. The van der Waals surface area contributed by atoms with Crippen molar-refractivity contribution in [3.8, 4) is 0 Å². The first-order valence-corrected chi connectivity index (χ1v) is 6.93. The summed E-state index contributed by atoms with van der Waals surface area (Å²) in [5, 5.41) is 1.17. The summed E-state index contributed by atoms with van der Waals surface area (Å²) in [4.78, 5) is 0. The van der Waals surface area contributed by atoms with Gasteiger partial charge in [-0.15, -0.1) is 0 Å². The van der Waals surface area contributed by atoms with Gasteiger partial charge in [-0.3, -0.25) is 11.3 Å². The molecule has 3 N–H and O–H groups in total. The van der Waals surface area contributed by atoms with E-state index in [9.17, 15) is 4.39 Å². The predicted molar refractivity (Wildman–Crippen MR) is 81.4 cm³/mol. The number of benzene rings is 2. The van der Waals surface area contributed by atoms with Crippen molar-refractivity contribution >= 4 is 23.2 Å². The monoisotopic (exact) mass is 312 g/mol. The van der Waals surface area contributed by atoms with E-state index in [-0.39, 0.29) is 11.9 Å². The van der Waals surface area contributed by atoms with Crippen LogP contribution in [0.25, 0.3) is 0 Å². The summed E-state index contributed by atoms with van der Waals surface area (Å²) in [6.07, 6.45) is 0.455. The van der Waals surface area contributed by atoms with E-state index in [2.05, 4.69) is 5.43 Å². The third-order valence-electron chi connectivity index (χ3n) is 3.23. The minimum atomic E-state index is -0.370. The van der Waals surface area contributed by atoms with Crippen LogP contribution in [0.1, 0.15) is 22.7 Å². The SMILES string of the molecule is Cc1cccc(C(Cc2cc(Cl)ccc2Cl)NN)c1F. The summed E-state index contributed by atoms with van der Waals surface area (Å²) in [5.74, 6) is 5.31. The van der Waals surface area contributed by atoms with Gasteiger partial charge in [0.05, 0.1) is 6.04 Å². The molecule has 106 valence electrons. The summed E-state index contributed by atoms with van der Waals surface area (Å²) in [5.41, 5.74) is 4.56. The second-order valence-electron chi connectivity index (χ2n) is 4.64. The maximum Gasteiger partial charge on any atom is 0.130 e. The standard InChI is InChI=1S/C15H15Cl2FN2/c1-9-3-2-4-12(15(9)18)14(20-19)8-10-7-11(16)5-6-13(10)17/h2-7,14,20H,8,19H2,1H3. The van der Waals surface area contributed by atoms with E-state index in [0.29, 0.717) is 27.6 Å². The Hall–Kier alpha value is -1.13. The fraction of sp³-hybridized carbons (Fsp3) is 0.200. The zero-order valence-corrected chi connectivity index (χ0v) is 12.5. The molecule has 0 aliphatic rings. The van der Waals surface area contributed by atoms with Crippen LogP contribution in [0, 0.1) is 12.7 Å². The number of aryl methyl sites for hydroxylation is 1. The zero-order valence-electron chi connectivity index (χ0n) is 11.0. The molecule has 2 rings (SSSR count). The Balaban J connectivity index is 2.34. The van der Waals surface area contributed by atoms with Crippen LogP contribution < -0.4 is 11.3 Å². The number of halogens is 3. The van der Waals surface area contributed by atoms with E-state index >= 15 is 0 Å². The quantitative estimate of drug-likeness (QED) is 0.656. The normalized spacial score (nSPS) is 12.4. The Morgan fingerprint density at radius 3 is 2.70 bits per heavy atom. The molecule has 0 spiro atoms. The van der Waals surface area contributed by atoms with E-state index < -0.39 is 0 Å². The summed E-state index contributed by atoms with van der Waals surface area (Å²) < 4.78 is 14.2. The Bertz CT molecular complexity index is 617. The lowest BCUT2D eigenvalue weighted by Crippen LogP contribution is -2.30. The summed E-state index contributed by atoms with van der Waals surface area (Å²) in [7, 11) is 0. The average molecular weight is 313 g/mol. The van der Waals surface area contributed by atoms with E-state index in [1.54, 1.807) is 43.3 Å². The molecule has 0 aliphatic heterocycles. The fourth-order valence-corrected chi connectivity index (χ4v) is 2.51.